The summed E-state index contributed by atoms with van der Waals surface area (Å²) in [5.74, 6) is -1.31. The first-order valence-corrected chi connectivity index (χ1v) is 6.32. The van der Waals surface area contributed by atoms with Gasteiger partial charge in [-0.2, -0.15) is 0 Å². The fourth-order valence-electron chi connectivity index (χ4n) is 2.05. The molecule has 0 atom stereocenters. The summed E-state index contributed by atoms with van der Waals surface area (Å²) in [5.41, 5.74) is 1.02. The third-order valence-electron chi connectivity index (χ3n) is 3.48. The number of carboxylic acid groups (broad SMARTS) is 1. The molecule has 4 nitrogen and oxygen atoms in total. The van der Waals surface area contributed by atoms with E-state index in [1.54, 1.807) is 6.08 Å². The van der Waals surface area contributed by atoms with Gasteiger partial charge in [-0.05, 0) is 37.8 Å². The van der Waals surface area contributed by atoms with Gasteiger partial charge in [-0.1, -0.05) is 29.8 Å². The summed E-state index contributed by atoms with van der Waals surface area (Å²) in [5, 5.41) is 11.7. The van der Waals surface area contributed by atoms with Crippen molar-refractivity contribution in [1.82, 2.24) is 5.32 Å². The van der Waals surface area contributed by atoms with Crippen molar-refractivity contribution in [3.8, 4) is 0 Å². The molecule has 1 aromatic rings. The first-order valence-electron chi connectivity index (χ1n) is 6.32. The fraction of sp³-hybridized carbons (Fsp3) is 0.333. The van der Waals surface area contributed by atoms with Crippen molar-refractivity contribution in [3.63, 3.8) is 0 Å². The predicted octanol–water partition coefficient (Wildman–Crippen LogP) is 2.13. The SMILES string of the molecule is Cc1ccc(/C=C/C(=O)NC2(C(=O)O)CCC2)cc1. The smallest absolute Gasteiger partial charge is 0.329 e. The Labute approximate surface area is 112 Å². The van der Waals surface area contributed by atoms with Crippen LogP contribution in [0.15, 0.2) is 30.3 Å². The maximum Gasteiger partial charge on any atom is 0.329 e. The molecule has 0 radical (unpaired) electrons. The maximum absolute atomic E-state index is 11.7. The molecule has 1 amide bonds. The average Bonchev–Trinajstić information content (AvgIpc) is 2.32. The first kappa shape index (κ1) is 13.3. The fourth-order valence-corrected chi connectivity index (χ4v) is 2.05. The number of nitrogens with one attached hydrogen (secondary N) is 1. The predicted molar refractivity (Wildman–Crippen MR) is 72.6 cm³/mol. The molecule has 1 aromatic carbocycles. The van der Waals surface area contributed by atoms with E-state index in [1.165, 1.54) is 6.08 Å². The van der Waals surface area contributed by atoms with Gasteiger partial charge < -0.3 is 10.4 Å². The third-order valence-corrected chi connectivity index (χ3v) is 3.48. The largest absolute Gasteiger partial charge is 0.480 e. The molecular formula is C15H17NO3. The Bertz CT molecular complexity index is 513. The lowest BCUT2D eigenvalue weighted by Crippen LogP contribution is -2.58. The van der Waals surface area contributed by atoms with Crippen LogP contribution >= 0.6 is 0 Å². The van der Waals surface area contributed by atoms with E-state index < -0.39 is 11.5 Å². The summed E-state index contributed by atoms with van der Waals surface area (Å²) in [4.78, 5) is 22.8. The molecule has 0 spiro atoms. The standard InChI is InChI=1S/C15H17NO3/c1-11-3-5-12(6-4-11)7-8-13(17)16-15(14(18)19)9-2-10-15/h3-8H,2,9-10H2,1H3,(H,16,17)(H,18,19)/b8-7+. The van der Waals surface area contributed by atoms with Gasteiger partial charge in [0.05, 0.1) is 0 Å². The zero-order valence-electron chi connectivity index (χ0n) is 10.8. The molecule has 1 aliphatic rings. The highest BCUT2D eigenvalue weighted by molar-refractivity contribution is 5.96. The van der Waals surface area contributed by atoms with Gasteiger partial charge in [0.25, 0.3) is 0 Å². The molecule has 2 rings (SSSR count). The summed E-state index contributed by atoms with van der Waals surface area (Å²) < 4.78 is 0. The second-order valence-corrected chi connectivity index (χ2v) is 4.97. The molecule has 1 fully saturated rings. The molecule has 4 heteroatoms. The van der Waals surface area contributed by atoms with Crippen LogP contribution in [0.2, 0.25) is 0 Å². The molecule has 0 bridgehead atoms. The molecular weight excluding hydrogens is 242 g/mol. The molecule has 0 aromatic heterocycles. The summed E-state index contributed by atoms with van der Waals surface area (Å²) in [7, 11) is 0. The van der Waals surface area contributed by atoms with Crippen LogP contribution in [0.1, 0.15) is 30.4 Å². The van der Waals surface area contributed by atoms with Crippen LogP contribution in [0, 0.1) is 6.92 Å². The molecule has 19 heavy (non-hydrogen) atoms. The number of benzene rings is 1. The van der Waals surface area contributed by atoms with Gasteiger partial charge in [0.1, 0.15) is 5.54 Å². The van der Waals surface area contributed by atoms with Gasteiger partial charge in [-0.15, -0.1) is 0 Å². The quantitative estimate of drug-likeness (QED) is 0.814. The molecule has 1 saturated carbocycles. The number of carboxylic acids is 1. The highest BCUT2D eigenvalue weighted by Crippen LogP contribution is 2.31. The molecule has 2 N–H and O–H groups in total. The average molecular weight is 259 g/mol. The van der Waals surface area contributed by atoms with Crippen molar-refractivity contribution in [1.29, 1.82) is 0 Å². The summed E-state index contributed by atoms with van der Waals surface area (Å²) in [6.45, 7) is 1.99. The van der Waals surface area contributed by atoms with Gasteiger partial charge in [-0.25, -0.2) is 4.79 Å². The van der Waals surface area contributed by atoms with E-state index in [4.69, 9.17) is 5.11 Å². The molecule has 100 valence electrons. The summed E-state index contributed by atoms with van der Waals surface area (Å²) >= 11 is 0. The van der Waals surface area contributed by atoms with E-state index in [2.05, 4.69) is 5.32 Å². The number of amides is 1. The van der Waals surface area contributed by atoms with Crippen LogP contribution < -0.4 is 5.32 Å². The molecule has 0 saturated heterocycles. The lowest BCUT2D eigenvalue weighted by atomic mass is 9.77. The monoisotopic (exact) mass is 259 g/mol. The van der Waals surface area contributed by atoms with Crippen LogP contribution in [-0.2, 0) is 9.59 Å². The number of carbonyl (C=O) groups is 2. The Morgan fingerprint density at radius 1 is 1.26 bits per heavy atom. The Morgan fingerprint density at radius 3 is 2.37 bits per heavy atom. The van der Waals surface area contributed by atoms with Gasteiger partial charge in [0.15, 0.2) is 0 Å². The van der Waals surface area contributed by atoms with Crippen molar-refractivity contribution in [2.75, 3.05) is 0 Å². The Balaban J connectivity index is 1.97. The van der Waals surface area contributed by atoms with Gasteiger partial charge in [0.2, 0.25) is 5.91 Å². The normalized spacial score (nSPS) is 16.9. The molecule has 0 aliphatic heterocycles. The van der Waals surface area contributed by atoms with Crippen molar-refractivity contribution < 1.29 is 14.7 Å². The van der Waals surface area contributed by atoms with E-state index >= 15 is 0 Å². The Morgan fingerprint density at radius 2 is 1.89 bits per heavy atom. The number of carbonyl (C=O) groups excluding carboxylic acids is 1. The molecule has 0 heterocycles. The zero-order valence-corrected chi connectivity index (χ0v) is 10.8. The van der Waals surface area contributed by atoms with Gasteiger partial charge in [-0.3, -0.25) is 4.79 Å². The highest BCUT2D eigenvalue weighted by Gasteiger charge is 2.45. The van der Waals surface area contributed by atoms with Crippen LogP contribution in [0.3, 0.4) is 0 Å². The van der Waals surface area contributed by atoms with Crippen molar-refractivity contribution >= 4 is 18.0 Å². The third kappa shape index (κ3) is 3.02. The Kier molecular flexibility index (Phi) is 3.69. The number of aryl methyl sites for hydroxylation is 1. The first-order chi connectivity index (χ1) is 9.02. The van der Waals surface area contributed by atoms with E-state index in [1.807, 2.05) is 31.2 Å². The van der Waals surface area contributed by atoms with Gasteiger partial charge >= 0.3 is 5.97 Å². The van der Waals surface area contributed by atoms with Crippen molar-refractivity contribution in [2.24, 2.45) is 0 Å². The lowest BCUT2D eigenvalue weighted by Gasteiger charge is -2.37. The lowest BCUT2D eigenvalue weighted by molar-refractivity contribution is -0.151. The summed E-state index contributed by atoms with van der Waals surface area (Å²) in [6.07, 6.45) is 4.92. The van der Waals surface area contributed by atoms with E-state index in [0.717, 1.165) is 17.5 Å². The van der Waals surface area contributed by atoms with Crippen LogP contribution in [-0.4, -0.2) is 22.5 Å². The number of aliphatic carboxylic acids is 1. The zero-order chi connectivity index (χ0) is 13.9. The molecule has 0 unspecified atom stereocenters. The van der Waals surface area contributed by atoms with Crippen LogP contribution in [0.25, 0.3) is 6.08 Å². The minimum absolute atomic E-state index is 0.359. The van der Waals surface area contributed by atoms with E-state index in [9.17, 15) is 9.59 Å². The second kappa shape index (κ2) is 5.26. The Hall–Kier alpha value is -2.10. The van der Waals surface area contributed by atoms with Crippen molar-refractivity contribution in [2.45, 2.75) is 31.7 Å². The van der Waals surface area contributed by atoms with Crippen LogP contribution in [0.4, 0.5) is 0 Å². The number of hydrogen-bond acceptors (Lipinski definition) is 2. The number of hydrogen-bond donors (Lipinski definition) is 2. The number of rotatable bonds is 4. The second-order valence-electron chi connectivity index (χ2n) is 4.97. The van der Waals surface area contributed by atoms with Crippen LogP contribution in [0.5, 0.6) is 0 Å². The minimum atomic E-state index is -1.05. The summed E-state index contributed by atoms with van der Waals surface area (Å²) in [6, 6.07) is 7.75. The van der Waals surface area contributed by atoms with Crippen molar-refractivity contribution in [3.05, 3.63) is 41.5 Å². The topological polar surface area (TPSA) is 66.4 Å². The molecule has 1 aliphatic carbocycles. The maximum atomic E-state index is 11.7. The van der Waals surface area contributed by atoms with Gasteiger partial charge in [0, 0.05) is 6.08 Å². The minimum Gasteiger partial charge on any atom is -0.480 e. The van der Waals surface area contributed by atoms with E-state index in [0.29, 0.717) is 12.8 Å². The van der Waals surface area contributed by atoms with E-state index in [-0.39, 0.29) is 5.91 Å². The highest BCUT2D eigenvalue weighted by atomic mass is 16.4.